The second kappa shape index (κ2) is 7.16. The highest BCUT2D eigenvalue weighted by atomic mass is 35.5. The second-order valence-electron chi connectivity index (χ2n) is 4.43. The van der Waals surface area contributed by atoms with E-state index in [1.165, 1.54) is 40.2 Å². The van der Waals surface area contributed by atoms with Crippen molar-refractivity contribution < 1.29 is 21.9 Å². The van der Waals surface area contributed by atoms with Gasteiger partial charge in [0.15, 0.2) is 5.70 Å². The van der Waals surface area contributed by atoms with Crippen LogP contribution in [0.1, 0.15) is 5.56 Å². The maximum Gasteiger partial charge on any atom is 0.433 e. The lowest BCUT2D eigenvalue weighted by atomic mass is 10.2. The van der Waals surface area contributed by atoms with Crippen molar-refractivity contribution in [2.24, 2.45) is 0 Å². The van der Waals surface area contributed by atoms with Gasteiger partial charge in [-0.2, -0.15) is 13.2 Å². The van der Waals surface area contributed by atoms with Crippen LogP contribution in [0.4, 0.5) is 13.2 Å². The molecule has 1 aliphatic heterocycles. The molecular weight excluding hydrogens is 355 g/mol. The quantitative estimate of drug-likeness (QED) is 0.635. The number of alkyl halides is 3. The molecule has 5 nitrogen and oxygen atoms in total. The van der Waals surface area contributed by atoms with Gasteiger partial charge in [0, 0.05) is 18.9 Å². The van der Waals surface area contributed by atoms with Crippen molar-refractivity contribution in [1.29, 1.82) is 0 Å². The third-order valence-electron chi connectivity index (χ3n) is 2.81. The fourth-order valence-electron chi connectivity index (χ4n) is 1.88. The highest BCUT2D eigenvalue weighted by Crippen LogP contribution is 2.30. The highest BCUT2D eigenvalue weighted by Gasteiger charge is 2.38. The third kappa shape index (κ3) is 4.81. The van der Waals surface area contributed by atoms with E-state index < -0.39 is 23.1 Å². The molecule has 1 aromatic rings. The fraction of sp³-hybridized carbons (Fsp3) is 0.154. The highest BCUT2D eigenvalue weighted by molar-refractivity contribution is 7.77. The summed E-state index contributed by atoms with van der Waals surface area (Å²) in [6.45, 7) is 0.0830. The van der Waals surface area contributed by atoms with Crippen molar-refractivity contribution in [3.05, 3.63) is 64.9 Å². The van der Waals surface area contributed by atoms with Crippen LogP contribution in [-0.4, -0.2) is 24.8 Å². The van der Waals surface area contributed by atoms with Crippen LogP contribution < -0.4 is 4.72 Å². The Hall–Kier alpha value is -1.84. The first-order valence-electron chi connectivity index (χ1n) is 6.18. The normalized spacial score (nSPS) is 18.0. The van der Waals surface area contributed by atoms with Crippen LogP contribution in [0, 0.1) is 0 Å². The van der Waals surface area contributed by atoms with Crippen molar-refractivity contribution in [2.45, 2.75) is 12.7 Å². The van der Waals surface area contributed by atoms with Crippen molar-refractivity contribution in [2.75, 3.05) is 0 Å². The number of allylic oxidation sites excluding steroid dienone is 4. The molecule has 1 aliphatic rings. The number of aromatic nitrogens is 1. The Bertz CT molecular complexity index is 687. The molecule has 0 bridgehead atoms. The molecule has 2 rings (SSSR count). The van der Waals surface area contributed by atoms with Crippen molar-refractivity contribution >= 4 is 22.9 Å². The van der Waals surface area contributed by atoms with Gasteiger partial charge in [-0.05, 0) is 23.8 Å². The Morgan fingerprint density at radius 2 is 2.13 bits per heavy atom. The third-order valence-corrected chi connectivity index (χ3v) is 3.41. The van der Waals surface area contributed by atoms with E-state index in [0.29, 0.717) is 5.56 Å². The van der Waals surface area contributed by atoms with Gasteiger partial charge in [0.2, 0.25) is 0 Å². The summed E-state index contributed by atoms with van der Waals surface area (Å²) in [6.07, 6.45) is 2.21. The minimum Gasteiger partial charge on any atom is -0.342 e. The van der Waals surface area contributed by atoms with Crippen LogP contribution >= 0.6 is 11.6 Å². The summed E-state index contributed by atoms with van der Waals surface area (Å²) in [6, 6.07) is 3.15. The molecular formula is C13H11ClF3N3O2S. The van der Waals surface area contributed by atoms with E-state index in [-0.39, 0.29) is 17.4 Å². The summed E-state index contributed by atoms with van der Waals surface area (Å²) in [5, 5.41) is 0.270. The SMILES string of the molecule is O=S(O)NC(=C1C=CC=CN1Cc1ccc(Cl)nc1)C(F)(F)F. The molecule has 2 N–H and O–H groups in total. The Morgan fingerprint density at radius 3 is 2.70 bits per heavy atom. The van der Waals surface area contributed by atoms with Gasteiger partial charge in [0.05, 0.1) is 5.70 Å². The molecule has 0 aromatic carbocycles. The predicted molar refractivity (Wildman–Crippen MR) is 80.1 cm³/mol. The standard InChI is InChI=1S/C13H11ClF3N3O2S/c14-11-5-4-9(7-18-11)8-20-6-2-1-3-10(20)12(13(15,16)17)19-23(21)22/h1-7,19H,8H2,(H,21,22). The van der Waals surface area contributed by atoms with Crippen LogP contribution in [0.25, 0.3) is 0 Å². The lowest BCUT2D eigenvalue weighted by Crippen LogP contribution is -2.33. The van der Waals surface area contributed by atoms with E-state index in [0.717, 1.165) is 0 Å². The molecule has 23 heavy (non-hydrogen) atoms. The topological polar surface area (TPSA) is 65.5 Å². The predicted octanol–water partition coefficient (Wildman–Crippen LogP) is 3.12. The molecule has 1 atom stereocenters. The summed E-state index contributed by atoms with van der Waals surface area (Å²) in [5.74, 6) is 0. The van der Waals surface area contributed by atoms with E-state index in [1.807, 2.05) is 0 Å². The molecule has 0 saturated carbocycles. The summed E-state index contributed by atoms with van der Waals surface area (Å²) < 4.78 is 60.5. The van der Waals surface area contributed by atoms with Gasteiger partial charge in [-0.25, -0.2) is 9.19 Å². The Morgan fingerprint density at radius 1 is 1.39 bits per heavy atom. The van der Waals surface area contributed by atoms with Crippen molar-refractivity contribution in [1.82, 2.24) is 14.6 Å². The van der Waals surface area contributed by atoms with Crippen LogP contribution in [0.5, 0.6) is 0 Å². The summed E-state index contributed by atoms with van der Waals surface area (Å²) in [5.41, 5.74) is -0.961. The largest absolute Gasteiger partial charge is 0.433 e. The monoisotopic (exact) mass is 365 g/mol. The molecule has 0 spiro atoms. The number of hydrogen-bond donors (Lipinski definition) is 2. The maximum absolute atomic E-state index is 13.1. The van der Waals surface area contributed by atoms with E-state index in [4.69, 9.17) is 16.2 Å². The smallest absolute Gasteiger partial charge is 0.342 e. The first-order valence-corrected chi connectivity index (χ1v) is 7.67. The molecule has 10 heteroatoms. The zero-order chi connectivity index (χ0) is 17.0. The van der Waals surface area contributed by atoms with Crippen LogP contribution in [0.2, 0.25) is 5.15 Å². The summed E-state index contributed by atoms with van der Waals surface area (Å²) in [4.78, 5) is 5.15. The average Bonchev–Trinajstić information content (AvgIpc) is 2.47. The molecule has 0 aliphatic carbocycles. The molecule has 0 amide bonds. The van der Waals surface area contributed by atoms with Crippen LogP contribution in [-0.2, 0) is 17.8 Å². The van der Waals surface area contributed by atoms with Gasteiger partial charge >= 0.3 is 6.18 Å². The number of halogens is 4. The van der Waals surface area contributed by atoms with E-state index in [9.17, 15) is 17.4 Å². The van der Waals surface area contributed by atoms with Crippen molar-refractivity contribution in [3.8, 4) is 0 Å². The molecule has 0 radical (unpaired) electrons. The van der Waals surface area contributed by atoms with Crippen LogP contribution in [0.3, 0.4) is 0 Å². The van der Waals surface area contributed by atoms with E-state index in [1.54, 1.807) is 12.1 Å². The van der Waals surface area contributed by atoms with Gasteiger partial charge < -0.3 is 4.90 Å². The van der Waals surface area contributed by atoms with Gasteiger partial charge in [-0.1, -0.05) is 23.7 Å². The first-order chi connectivity index (χ1) is 10.8. The molecule has 1 aromatic heterocycles. The zero-order valence-electron chi connectivity index (χ0n) is 11.4. The molecule has 0 fully saturated rings. The first kappa shape index (κ1) is 17.5. The van der Waals surface area contributed by atoms with Gasteiger partial charge in [0.1, 0.15) is 5.15 Å². The second-order valence-corrected chi connectivity index (χ2v) is 5.52. The number of rotatable bonds is 4. The van der Waals surface area contributed by atoms with E-state index >= 15 is 0 Å². The van der Waals surface area contributed by atoms with Crippen LogP contribution in [0.15, 0.2) is 54.2 Å². The summed E-state index contributed by atoms with van der Waals surface area (Å²) in [7, 11) is 0. The summed E-state index contributed by atoms with van der Waals surface area (Å²) >= 11 is 2.82. The minimum atomic E-state index is -4.82. The number of nitrogens with one attached hydrogen (secondary N) is 1. The number of pyridine rings is 1. The Kier molecular flexibility index (Phi) is 5.45. The molecule has 1 unspecified atom stereocenters. The lowest BCUT2D eigenvalue weighted by Gasteiger charge is -2.27. The fourth-order valence-corrected chi connectivity index (χ4v) is 2.39. The van der Waals surface area contributed by atoms with Crippen molar-refractivity contribution in [3.63, 3.8) is 0 Å². The number of hydrogen-bond acceptors (Lipinski definition) is 3. The molecule has 2 heterocycles. The number of nitrogens with zero attached hydrogens (tertiary/aromatic N) is 2. The van der Waals surface area contributed by atoms with E-state index in [2.05, 4.69) is 4.98 Å². The van der Waals surface area contributed by atoms with Gasteiger partial charge in [0.25, 0.3) is 11.3 Å². The zero-order valence-corrected chi connectivity index (χ0v) is 13.0. The Balaban J connectivity index is 2.38. The average molecular weight is 366 g/mol. The Labute approximate surface area is 137 Å². The molecule has 0 saturated heterocycles. The van der Waals surface area contributed by atoms with Gasteiger partial charge in [-0.15, -0.1) is 0 Å². The molecule has 124 valence electrons. The maximum atomic E-state index is 13.1. The minimum absolute atomic E-state index is 0.0830. The lowest BCUT2D eigenvalue weighted by molar-refractivity contribution is -0.0962. The van der Waals surface area contributed by atoms with Gasteiger partial charge in [-0.3, -0.25) is 9.27 Å².